The third kappa shape index (κ3) is 3.69. The van der Waals surface area contributed by atoms with Crippen molar-refractivity contribution in [1.82, 2.24) is 9.97 Å². The summed E-state index contributed by atoms with van der Waals surface area (Å²) >= 11 is 0. The number of hydrogen-bond donors (Lipinski definition) is 1. The van der Waals surface area contributed by atoms with Crippen LogP contribution in [-0.2, 0) is 10.3 Å². The van der Waals surface area contributed by atoms with E-state index in [4.69, 9.17) is 9.72 Å². The summed E-state index contributed by atoms with van der Waals surface area (Å²) < 4.78 is 6.14. The van der Waals surface area contributed by atoms with Gasteiger partial charge >= 0.3 is 0 Å². The van der Waals surface area contributed by atoms with Crippen molar-refractivity contribution in [3.05, 3.63) is 18.1 Å². The van der Waals surface area contributed by atoms with Crippen LogP contribution in [0.4, 0.5) is 5.82 Å². The van der Waals surface area contributed by atoms with E-state index < -0.39 is 0 Å². The van der Waals surface area contributed by atoms with Crippen LogP contribution < -0.4 is 5.32 Å². The predicted molar refractivity (Wildman–Crippen MR) is 81.8 cm³/mol. The summed E-state index contributed by atoms with van der Waals surface area (Å²) in [6.45, 7) is 5.88. The molecule has 0 unspecified atom stereocenters. The number of nitrogens with one attached hydrogen (secondary N) is 1. The minimum atomic E-state index is -0.269. The van der Waals surface area contributed by atoms with E-state index in [0.717, 1.165) is 44.1 Å². The Hall–Kier alpha value is -1.16. The third-order valence-electron chi connectivity index (χ3n) is 3.95. The van der Waals surface area contributed by atoms with Gasteiger partial charge < -0.3 is 10.1 Å². The van der Waals surface area contributed by atoms with Gasteiger partial charge in [-0.3, -0.25) is 0 Å². The normalized spacial score (nSPS) is 18.5. The van der Waals surface area contributed by atoms with Gasteiger partial charge in [0.2, 0.25) is 0 Å². The number of ether oxygens (including phenoxy) is 1. The second kappa shape index (κ2) is 7.58. The molecule has 0 atom stereocenters. The van der Waals surface area contributed by atoms with Crippen LogP contribution in [-0.4, -0.2) is 23.1 Å². The number of nitrogens with zero attached hydrogens (tertiary/aromatic N) is 2. The number of aromatic nitrogens is 2. The Bertz CT molecular complexity index is 400. The zero-order valence-electron chi connectivity index (χ0n) is 12.8. The maximum Gasteiger partial charge on any atom is 0.162 e. The predicted octanol–water partition coefficient (Wildman–Crippen LogP) is 3.88. The van der Waals surface area contributed by atoms with Crippen molar-refractivity contribution in [2.75, 3.05) is 18.5 Å². The Morgan fingerprint density at radius 2 is 1.95 bits per heavy atom. The van der Waals surface area contributed by atoms with Crippen molar-refractivity contribution in [2.24, 2.45) is 0 Å². The zero-order valence-corrected chi connectivity index (χ0v) is 12.8. The molecule has 0 radical (unpaired) electrons. The maximum atomic E-state index is 6.14. The summed E-state index contributed by atoms with van der Waals surface area (Å²) in [5.41, 5.74) is -0.269. The SMILES string of the molecule is CCCNc1ccnc(C2(OCC)CCCCCC2)n1. The summed E-state index contributed by atoms with van der Waals surface area (Å²) in [6.07, 6.45) is 10.0. The first kappa shape index (κ1) is 15.2. The lowest BCUT2D eigenvalue weighted by Crippen LogP contribution is -2.32. The minimum absolute atomic E-state index is 0.269. The third-order valence-corrected chi connectivity index (χ3v) is 3.95. The number of hydrogen-bond acceptors (Lipinski definition) is 4. The molecule has 20 heavy (non-hydrogen) atoms. The molecular weight excluding hydrogens is 250 g/mol. The molecule has 1 aliphatic carbocycles. The molecule has 1 fully saturated rings. The average Bonchev–Trinajstić information content (AvgIpc) is 2.72. The Morgan fingerprint density at radius 3 is 2.60 bits per heavy atom. The van der Waals surface area contributed by atoms with Gasteiger partial charge in [-0.2, -0.15) is 0 Å². The van der Waals surface area contributed by atoms with Crippen molar-refractivity contribution in [3.8, 4) is 0 Å². The first-order valence-corrected chi connectivity index (χ1v) is 8.02. The quantitative estimate of drug-likeness (QED) is 0.801. The van der Waals surface area contributed by atoms with E-state index in [9.17, 15) is 0 Å². The molecular formula is C16H27N3O. The Morgan fingerprint density at radius 1 is 1.20 bits per heavy atom. The lowest BCUT2D eigenvalue weighted by molar-refractivity contribution is -0.0623. The molecule has 0 bridgehead atoms. The number of rotatable bonds is 6. The molecule has 4 heteroatoms. The Kier molecular flexibility index (Phi) is 5.77. The summed E-state index contributed by atoms with van der Waals surface area (Å²) in [4.78, 5) is 9.25. The van der Waals surface area contributed by atoms with Gasteiger partial charge in [-0.1, -0.05) is 32.6 Å². The van der Waals surface area contributed by atoms with Crippen LogP contribution >= 0.6 is 0 Å². The van der Waals surface area contributed by atoms with Gasteiger partial charge in [-0.05, 0) is 32.3 Å². The first-order valence-electron chi connectivity index (χ1n) is 8.02. The highest BCUT2D eigenvalue weighted by molar-refractivity contribution is 5.33. The van der Waals surface area contributed by atoms with E-state index in [1.165, 1.54) is 25.7 Å². The fourth-order valence-electron chi connectivity index (χ4n) is 2.94. The lowest BCUT2D eigenvalue weighted by Gasteiger charge is -2.31. The molecule has 1 aromatic heterocycles. The van der Waals surface area contributed by atoms with Crippen LogP contribution in [0.2, 0.25) is 0 Å². The van der Waals surface area contributed by atoms with Gasteiger partial charge in [0, 0.05) is 19.3 Å². The Labute approximate surface area is 122 Å². The summed E-state index contributed by atoms with van der Waals surface area (Å²) in [7, 11) is 0. The molecule has 1 heterocycles. The van der Waals surface area contributed by atoms with Crippen molar-refractivity contribution < 1.29 is 4.74 Å². The van der Waals surface area contributed by atoms with Crippen LogP contribution in [0.25, 0.3) is 0 Å². The van der Waals surface area contributed by atoms with Gasteiger partial charge in [0.15, 0.2) is 5.82 Å². The topological polar surface area (TPSA) is 47.0 Å². The van der Waals surface area contributed by atoms with Crippen LogP contribution in [0.1, 0.15) is 64.6 Å². The van der Waals surface area contributed by atoms with E-state index >= 15 is 0 Å². The van der Waals surface area contributed by atoms with Gasteiger partial charge in [-0.15, -0.1) is 0 Å². The van der Waals surface area contributed by atoms with Crippen LogP contribution in [0.3, 0.4) is 0 Å². The second-order valence-electron chi connectivity index (χ2n) is 5.53. The molecule has 4 nitrogen and oxygen atoms in total. The molecule has 0 spiro atoms. The molecule has 0 saturated heterocycles. The van der Waals surface area contributed by atoms with E-state index in [1.54, 1.807) is 0 Å². The maximum absolute atomic E-state index is 6.14. The molecule has 2 rings (SSSR count). The van der Waals surface area contributed by atoms with E-state index in [2.05, 4.69) is 24.1 Å². The molecule has 0 amide bonds. The Balaban J connectivity index is 2.23. The molecule has 0 aliphatic heterocycles. The van der Waals surface area contributed by atoms with Crippen molar-refractivity contribution in [1.29, 1.82) is 0 Å². The largest absolute Gasteiger partial charge is 0.370 e. The first-order chi connectivity index (χ1) is 9.80. The fourth-order valence-corrected chi connectivity index (χ4v) is 2.94. The van der Waals surface area contributed by atoms with Gasteiger partial charge in [-0.25, -0.2) is 9.97 Å². The van der Waals surface area contributed by atoms with Crippen molar-refractivity contribution in [3.63, 3.8) is 0 Å². The molecule has 1 N–H and O–H groups in total. The van der Waals surface area contributed by atoms with Crippen LogP contribution in [0, 0.1) is 0 Å². The van der Waals surface area contributed by atoms with Gasteiger partial charge in [0.25, 0.3) is 0 Å². The molecule has 1 aromatic rings. The lowest BCUT2D eigenvalue weighted by atomic mass is 9.93. The summed E-state index contributed by atoms with van der Waals surface area (Å²) in [5, 5.41) is 3.34. The molecule has 0 aromatic carbocycles. The number of anilines is 1. The van der Waals surface area contributed by atoms with Gasteiger partial charge in [0.05, 0.1) is 0 Å². The van der Waals surface area contributed by atoms with Crippen molar-refractivity contribution >= 4 is 5.82 Å². The van der Waals surface area contributed by atoms with Gasteiger partial charge in [0.1, 0.15) is 11.4 Å². The highest BCUT2D eigenvalue weighted by Crippen LogP contribution is 2.37. The average molecular weight is 277 g/mol. The smallest absolute Gasteiger partial charge is 0.162 e. The molecule has 1 saturated carbocycles. The summed E-state index contributed by atoms with van der Waals surface area (Å²) in [6, 6.07) is 1.94. The molecule has 1 aliphatic rings. The molecule has 112 valence electrons. The highest BCUT2D eigenvalue weighted by atomic mass is 16.5. The fraction of sp³-hybridized carbons (Fsp3) is 0.750. The van der Waals surface area contributed by atoms with Crippen molar-refractivity contribution in [2.45, 2.75) is 64.4 Å². The second-order valence-corrected chi connectivity index (χ2v) is 5.53. The van der Waals surface area contributed by atoms with E-state index in [1.807, 2.05) is 12.3 Å². The van der Waals surface area contributed by atoms with E-state index in [0.29, 0.717) is 0 Å². The summed E-state index contributed by atoms with van der Waals surface area (Å²) in [5.74, 6) is 1.78. The van der Waals surface area contributed by atoms with E-state index in [-0.39, 0.29) is 5.60 Å². The van der Waals surface area contributed by atoms with Crippen LogP contribution in [0.5, 0.6) is 0 Å². The highest BCUT2D eigenvalue weighted by Gasteiger charge is 2.36. The standard InChI is InChI=1S/C16H27N3O/c1-3-12-17-14-9-13-18-15(19-14)16(20-4-2)10-7-5-6-8-11-16/h9,13H,3-8,10-12H2,1-2H3,(H,17,18,19). The minimum Gasteiger partial charge on any atom is -0.370 e. The van der Waals surface area contributed by atoms with Crippen LogP contribution in [0.15, 0.2) is 12.3 Å². The monoisotopic (exact) mass is 277 g/mol. The zero-order chi connectivity index (χ0) is 14.3.